The smallest absolute Gasteiger partial charge is 0.270 e. The van der Waals surface area contributed by atoms with E-state index in [1.165, 1.54) is 12.1 Å². The van der Waals surface area contributed by atoms with Crippen LogP contribution in [0.4, 0.5) is 11.4 Å². The number of amides is 1. The summed E-state index contributed by atoms with van der Waals surface area (Å²) in [7, 11) is 1.69. The van der Waals surface area contributed by atoms with Gasteiger partial charge in [0.05, 0.1) is 10.5 Å². The van der Waals surface area contributed by atoms with Crippen molar-refractivity contribution in [1.82, 2.24) is 5.32 Å². The van der Waals surface area contributed by atoms with Gasteiger partial charge in [-0.1, -0.05) is 0 Å². The van der Waals surface area contributed by atoms with Crippen LogP contribution in [-0.4, -0.2) is 35.4 Å². The zero-order chi connectivity index (χ0) is 15.4. The van der Waals surface area contributed by atoms with E-state index in [1.807, 2.05) is 11.8 Å². The Labute approximate surface area is 127 Å². The molecular formula is C14H19N3O3S. The number of benzene rings is 1. The zero-order valence-electron chi connectivity index (χ0n) is 12.1. The second-order valence-electron chi connectivity index (χ2n) is 5.08. The van der Waals surface area contributed by atoms with Gasteiger partial charge in [0, 0.05) is 36.2 Å². The van der Waals surface area contributed by atoms with Gasteiger partial charge in [-0.2, -0.15) is 11.8 Å². The SMILES string of the molecule is CNc1ccc([N+](=O)[O-])cc1C(=O)NC1CCC(SC)C1. The maximum absolute atomic E-state index is 12.4. The molecule has 6 nitrogen and oxygen atoms in total. The normalized spacial score (nSPS) is 21.0. The number of carbonyl (C=O) groups excluding carboxylic acids is 1. The lowest BCUT2D eigenvalue weighted by Crippen LogP contribution is -2.33. The highest BCUT2D eigenvalue weighted by Crippen LogP contribution is 2.29. The first-order chi connectivity index (χ1) is 10.0. The van der Waals surface area contributed by atoms with Crippen molar-refractivity contribution in [3.05, 3.63) is 33.9 Å². The van der Waals surface area contributed by atoms with Crippen LogP contribution >= 0.6 is 11.8 Å². The van der Waals surface area contributed by atoms with Crippen LogP contribution in [0.3, 0.4) is 0 Å². The topological polar surface area (TPSA) is 84.3 Å². The average molecular weight is 309 g/mol. The molecule has 0 bridgehead atoms. The molecule has 0 spiro atoms. The number of thioether (sulfide) groups is 1. The van der Waals surface area contributed by atoms with Gasteiger partial charge in [0.2, 0.25) is 0 Å². The Balaban J connectivity index is 2.14. The molecule has 21 heavy (non-hydrogen) atoms. The van der Waals surface area contributed by atoms with Crippen molar-refractivity contribution in [2.24, 2.45) is 0 Å². The summed E-state index contributed by atoms with van der Waals surface area (Å²) in [5.74, 6) is -0.255. The second-order valence-corrected chi connectivity index (χ2v) is 6.22. The number of non-ortho nitro benzene ring substituents is 1. The summed E-state index contributed by atoms with van der Waals surface area (Å²) in [4.78, 5) is 22.7. The van der Waals surface area contributed by atoms with Crippen molar-refractivity contribution in [3.63, 3.8) is 0 Å². The Hall–Kier alpha value is -1.76. The Bertz CT molecular complexity index is 550. The summed E-state index contributed by atoms with van der Waals surface area (Å²) >= 11 is 1.82. The molecule has 1 aliphatic rings. The molecule has 1 saturated carbocycles. The van der Waals surface area contributed by atoms with E-state index in [9.17, 15) is 14.9 Å². The number of nitro groups is 1. The lowest BCUT2D eigenvalue weighted by molar-refractivity contribution is -0.384. The fourth-order valence-corrected chi connectivity index (χ4v) is 3.40. The van der Waals surface area contributed by atoms with Crippen molar-refractivity contribution in [3.8, 4) is 0 Å². The zero-order valence-corrected chi connectivity index (χ0v) is 12.9. The minimum Gasteiger partial charge on any atom is -0.387 e. The van der Waals surface area contributed by atoms with E-state index in [1.54, 1.807) is 13.1 Å². The van der Waals surface area contributed by atoms with Crippen LogP contribution in [0.1, 0.15) is 29.6 Å². The van der Waals surface area contributed by atoms with E-state index >= 15 is 0 Å². The van der Waals surface area contributed by atoms with Gasteiger partial charge in [-0.05, 0) is 31.6 Å². The number of hydrogen-bond acceptors (Lipinski definition) is 5. The van der Waals surface area contributed by atoms with E-state index < -0.39 is 4.92 Å². The first-order valence-electron chi connectivity index (χ1n) is 6.85. The minimum absolute atomic E-state index is 0.0763. The molecule has 2 atom stereocenters. The maximum Gasteiger partial charge on any atom is 0.270 e. The monoisotopic (exact) mass is 309 g/mol. The van der Waals surface area contributed by atoms with Crippen LogP contribution in [0, 0.1) is 10.1 Å². The molecule has 2 unspecified atom stereocenters. The number of carbonyl (C=O) groups is 1. The highest BCUT2D eigenvalue weighted by molar-refractivity contribution is 7.99. The molecule has 1 amide bonds. The van der Waals surface area contributed by atoms with Crippen LogP contribution in [0.2, 0.25) is 0 Å². The number of anilines is 1. The quantitative estimate of drug-likeness (QED) is 0.645. The Morgan fingerprint density at radius 3 is 2.76 bits per heavy atom. The number of hydrogen-bond donors (Lipinski definition) is 2. The number of nitrogens with zero attached hydrogens (tertiary/aromatic N) is 1. The van der Waals surface area contributed by atoms with Crippen molar-refractivity contribution < 1.29 is 9.72 Å². The van der Waals surface area contributed by atoms with E-state index in [-0.39, 0.29) is 17.6 Å². The minimum atomic E-state index is -0.491. The average Bonchev–Trinajstić information content (AvgIpc) is 2.94. The molecule has 2 N–H and O–H groups in total. The van der Waals surface area contributed by atoms with Gasteiger partial charge in [-0.15, -0.1) is 0 Å². The molecule has 1 aromatic rings. The van der Waals surface area contributed by atoms with E-state index in [4.69, 9.17) is 0 Å². The molecule has 0 aromatic heterocycles. The van der Waals surface area contributed by atoms with Crippen molar-refractivity contribution >= 4 is 29.0 Å². The Morgan fingerprint density at radius 2 is 2.19 bits per heavy atom. The standard InChI is InChI=1S/C14H19N3O3S/c1-15-13-6-4-10(17(19)20)8-12(13)14(18)16-9-3-5-11(7-9)21-2/h4,6,8-9,11,15H,3,5,7H2,1-2H3,(H,16,18). The lowest BCUT2D eigenvalue weighted by atomic mass is 10.1. The fraction of sp³-hybridized carbons (Fsp3) is 0.500. The van der Waals surface area contributed by atoms with E-state index in [0.717, 1.165) is 19.3 Å². The first-order valence-corrected chi connectivity index (χ1v) is 8.13. The van der Waals surface area contributed by atoms with Gasteiger partial charge in [0.15, 0.2) is 0 Å². The third-order valence-electron chi connectivity index (χ3n) is 3.78. The van der Waals surface area contributed by atoms with Gasteiger partial charge < -0.3 is 10.6 Å². The Kier molecular flexibility index (Phi) is 5.06. The highest BCUT2D eigenvalue weighted by atomic mass is 32.2. The van der Waals surface area contributed by atoms with Gasteiger partial charge in [-0.25, -0.2) is 0 Å². The first kappa shape index (κ1) is 15.6. The molecule has 2 rings (SSSR count). The highest BCUT2D eigenvalue weighted by Gasteiger charge is 2.26. The molecule has 1 aliphatic carbocycles. The number of nitro benzene ring substituents is 1. The summed E-state index contributed by atoms with van der Waals surface area (Å²) in [5.41, 5.74) is 0.837. The third-order valence-corrected chi connectivity index (χ3v) is 4.88. The molecular weight excluding hydrogens is 290 g/mol. The van der Waals surface area contributed by atoms with Crippen molar-refractivity contribution in [2.45, 2.75) is 30.6 Å². The van der Waals surface area contributed by atoms with Crippen LogP contribution in [0.5, 0.6) is 0 Å². The summed E-state index contributed by atoms with van der Waals surface area (Å²) in [6.45, 7) is 0. The predicted octanol–water partition coefficient (Wildman–Crippen LogP) is 2.65. The number of rotatable bonds is 5. The van der Waals surface area contributed by atoms with E-state index in [2.05, 4.69) is 16.9 Å². The second kappa shape index (κ2) is 6.80. The molecule has 1 aromatic carbocycles. The van der Waals surface area contributed by atoms with Crippen LogP contribution < -0.4 is 10.6 Å². The third kappa shape index (κ3) is 3.66. The van der Waals surface area contributed by atoms with Crippen molar-refractivity contribution in [2.75, 3.05) is 18.6 Å². The van der Waals surface area contributed by atoms with Crippen LogP contribution in [0.25, 0.3) is 0 Å². The molecule has 1 fully saturated rings. The van der Waals surface area contributed by atoms with Crippen LogP contribution in [-0.2, 0) is 0 Å². The Morgan fingerprint density at radius 1 is 1.43 bits per heavy atom. The molecule has 0 heterocycles. The number of nitrogens with one attached hydrogen (secondary N) is 2. The van der Waals surface area contributed by atoms with Gasteiger partial charge >= 0.3 is 0 Å². The summed E-state index contributed by atoms with van der Waals surface area (Å²) in [5, 5.41) is 17.3. The van der Waals surface area contributed by atoms with Crippen molar-refractivity contribution in [1.29, 1.82) is 0 Å². The summed E-state index contributed by atoms with van der Waals surface area (Å²) < 4.78 is 0. The van der Waals surface area contributed by atoms with E-state index in [0.29, 0.717) is 16.5 Å². The van der Waals surface area contributed by atoms with Gasteiger partial charge in [0.25, 0.3) is 11.6 Å². The molecule has 0 aliphatic heterocycles. The largest absolute Gasteiger partial charge is 0.387 e. The van der Waals surface area contributed by atoms with Gasteiger partial charge in [-0.3, -0.25) is 14.9 Å². The van der Waals surface area contributed by atoms with Gasteiger partial charge in [0.1, 0.15) is 0 Å². The maximum atomic E-state index is 12.4. The fourth-order valence-electron chi connectivity index (χ4n) is 2.60. The summed E-state index contributed by atoms with van der Waals surface area (Å²) in [6.07, 6.45) is 5.09. The summed E-state index contributed by atoms with van der Waals surface area (Å²) in [6, 6.07) is 4.43. The predicted molar refractivity (Wildman–Crippen MR) is 85.1 cm³/mol. The lowest BCUT2D eigenvalue weighted by Gasteiger charge is -2.14. The van der Waals surface area contributed by atoms with Crippen LogP contribution in [0.15, 0.2) is 18.2 Å². The molecule has 0 radical (unpaired) electrons. The molecule has 0 saturated heterocycles. The molecule has 7 heteroatoms. The molecule has 114 valence electrons.